The predicted octanol–water partition coefficient (Wildman–Crippen LogP) is -0.372. The number of carbonyl (C=O) groups is 2. The lowest BCUT2D eigenvalue weighted by Crippen LogP contribution is -2.42. The van der Waals surface area contributed by atoms with Gasteiger partial charge in [0, 0.05) is 5.25 Å². The number of carbonyl (C=O) groups excluding carboxylic acids is 1. The molecule has 82 valence electrons. The normalized spacial score (nSPS) is 35.1. The smallest absolute Gasteiger partial charge is 0.351 e. The minimum Gasteiger partial charge on any atom is -0.477 e. The third kappa shape index (κ3) is 1.63. The maximum atomic E-state index is 11.4. The molecule has 3 atom stereocenters. The van der Waals surface area contributed by atoms with Crippen molar-refractivity contribution in [3.8, 4) is 0 Å². The van der Waals surface area contributed by atoms with E-state index in [0.717, 1.165) is 0 Å². The average molecular weight is 228 g/mol. The Morgan fingerprint density at radius 2 is 2.40 bits per heavy atom. The third-order valence-corrected chi connectivity index (χ3v) is 3.98. The summed E-state index contributed by atoms with van der Waals surface area (Å²) >= 11 is 1.53. The first kappa shape index (κ1) is 10.5. The fourth-order valence-electron chi connectivity index (χ4n) is 1.87. The van der Waals surface area contributed by atoms with Crippen molar-refractivity contribution in [1.29, 1.82) is 0 Å². The Hall–Kier alpha value is -1.01. The fourth-order valence-corrected chi connectivity index (χ4v) is 3.17. The van der Waals surface area contributed by atoms with Gasteiger partial charge in [-0.05, 0) is 13.0 Å². The molecule has 2 rings (SSSR count). The van der Waals surface area contributed by atoms with Crippen molar-refractivity contribution >= 4 is 23.5 Å². The number of hydrogen-bond acceptors (Lipinski definition) is 5. The molecule has 0 spiro atoms. The number of nitrogens with two attached hydrogens (primary N) is 1. The summed E-state index contributed by atoms with van der Waals surface area (Å²) in [6.45, 7) is 2.02. The van der Waals surface area contributed by atoms with Crippen LogP contribution in [0.15, 0.2) is 11.8 Å². The van der Waals surface area contributed by atoms with Crippen LogP contribution in [-0.4, -0.2) is 45.0 Å². The first-order chi connectivity index (χ1) is 7.00. The number of rotatable bonds is 1. The van der Waals surface area contributed by atoms with E-state index < -0.39 is 12.0 Å². The number of thioether (sulfide) groups is 1. The number of nitrogens with zero attached hydrogens (tertiary/aromatic N) is 1. The number of fused-ring (bicyclic) bond motifs is 1. The molecule has 0 saturated carbocycles. The van der Waals surface area contributed by atoms with E-state index in [-0.39, 0.29) is 28.6 Å². The molecule has 3 N–H and O–H groups in total. The van der Waals surface area contributed by atoms with E-state index in [0.29, 0.717) is 0 Å². The predicted molar refractivity (Wildman–Crippen MR) is 56.2 cm³/mol. The number of ketones is 1. The second kappa shape index (κ2) is 3.53. The molecule has 1 saturated heterocycles. The van der Waals surface area contributed by atoms with Crippen molar-refractivity contribution in [3.05, 3.63) is 11.8 Å². The van der Waals surface area contributed by atoms with Gasteiger partial charge in [0.15, 0.2) is 5.78 Å². The quantitative estimate of drug-likeness (QED) is 0.637. The van der Waals surface area contributed by atoms with E-state index >= 15 is 0 Å². The van der Waals surface area contributed by atoms with Crippen molar-refractivity contribution in [1.82, 2.24) is 4.90 Å². The van der Waals surface area contributed by atoms with E-state index in [2.05, 4.69) is 0 Å². The van der Waals surface area contributed by atoms with Gasteiger partial charge in [0.2, 0.25) is 0 Å². The molecule has 0 aromatic heterocycles. The van der Waals surface area contributed by atoms with Gasteiger partial charge in [-0.25, -0.2) is 4.79 Å². The zero-order valence-electron chi connectivity index (χ0n) is 8.21. The van der Waals surface area contributed by atoms with Gasteiger partial charge in [-0.1, -0.05) is 0 Å². The molecule has 0 aromatic rings. The molecule has 2 heterocycles. The molecule has 5 nitrogen and oxygen atoms in total. The summed E-state index contributed by atoms with van der Waals surface area (Å²) in [5.41, 5.74) is 5.93. The van der Waals surface area contributed by atoms with Gasteiger partial charge in [0.05, 0.1) is 18.0 Å². The first-order valence-corrected chi connectivity index (χ1v) is 5.60. The standard InChI is InChI=1S/C9H12N2O3S/c1-4-2-5(9(13)14)11-3-6(12)7(10)8(11)15-4/h2,4,7-8H,3,10H2,1H3,(H,13,14). The zero-order valence-corrected chi connectivity index (χ0v) is 9.03. The lowest BCUT2D eigenvalue weighted by molar-refractivity contribution is -0.134. The van der Waals surface area contributed by atoms with Crippen LogP contribution in [0.1, 0.15) is 6.92 Å². The second-order valence-electron chi connectivity index (χ2n) is 3.71. The van der Waals surface area contributed by atoms with Gasteiger partial charge < -0.3 is 15.7 Å². The van der Waals surface area contributed by atoms with Crippen molar-refractivity contribution < 1.29 is 14.7 Å². The summed E-state index contributed by atoms with van der Waals surface area (Å²) in [6, 6.07) is -0.569. The Morgan fingerprint density at radius 1 is 1.73 bits per heavy atom. The topological polar surface area (TPSA) is 83.6 Å². The molecule has 0 aliphatic carbocycles. The molecule has 0 aromatic carbocycles. The van der Waals surface area contributed by atoms with Crippen LogP contribution in [0, 0.1) is 0 Å². The van der Waals surface area contributed by atoms with Crippen LogP contribution in [0.3, 0.4) is 0 Å². The monoisotopic (exact) mass is 228 g/mol. The van der Waals surface area contributed by atoms with Crippen molar-refractivity contribution in [2.75, 3.05) is 6.54 Å². The van der Waals surface area contributed by atoms with Gasteiger partial charge >= 0.3 is 5.97 Å². The molecule has 1 fully saturated rings. The van der Waals surface area contributed by atoms with Crippen molar-refractivity contribution in [2.24, 2.45) is 5.73 Å². The summed E-state index contributed by atoms with van der Waals surface area (Å²) in [4.78, 5) is 24.0. The summed E-state index contributed by atoms with van der Waals surface area (Å²) in [5.74, 6) is -1.08. The largest absolute Gasteiger partial charge is 0.477 e. The molecular weight excluding hydrogens is 216 g/mol. The van der Waals surface area contributed by atoms with Gasteiger partial charge in [-0.3, -0.25) is 4.79 Å². The minimum atomic E-state index is -0.992. The fraction of sp³-hybridized carbons (Fsp3) is 0.556. The highest BCUT2D eigenvalue weighted by Crippen LogP contribution is 2.36. The van der Waals surface area contributed by atoms with Gasteiger partial charge in [-0.15, -0.1) is 11.8 Å². The van der Waals surface area contributed by atoms with E-state index in [4.69, 9.17) is 10.8 Å². The molecule has 0 radical (unpaired) electrons. The van der Waals surface area contributed by atoms with Crippen LogP contribution in [0.4, 0.5) is 0 Å². The summed E-state index contributed by atoms with van der Waals surface area (Å²) in [5, 5.41) is 8.86. The van der Waals surface area contributed by atoms with Crippen LogP contribution in [-0.2, 0) is 9.59 Å². The van der Waals surface area contributed by atoms with E-state index in [9.17, 15) is 9.59 Å². The molecule has 0 amide bonds. The van der Waals surface area contributed by atoms with Crippen LogP contribution in [0.5, 0.6) is 0 Å². The number of aliphatic carboxylic acids is 1. The van der Waals surface area contributed by atoms with Gasteiger partial charge in [-0.2, -0.15) is 0 Å². The number of Topliss-reactive ketones (excluding diaryl/α,β-unsaturated/α-hetero) is 1. The van der Waals surface area contributed by atoms with Crippen LogP contribution in [0.25, 0.3) is 0 Å². The Morgan fingerprint density at radius 3 is 3.00 bits per heavy atom. The highest BCUT2D eigenvalue weighted by atomic mass is 32.2. The van der Waals surface area contributed by atoms with Gasteiger partial charge in [0.25, 0.3) is 0 Å². The average Bonchev–Trinajstić information content (AvgIpc) is 2.43. The summed E-state index contributed by atoms with van der Waals surface area (Å²) < 4.78 is 0. The molecule has 2 aliphatic heterocycles. The number of carboxylic acid groups (broad SMARTS) is 1. The van der Waals surface area contributed by atoms with Crippen molar-refractivity contribution in [2.45, 2.75) is 23.6 Å². The maximum Gasteiger partial charge on any atom is 0.351 e. The van der Waals surface area contributed by atoms with E-state index in [1.807, 2.05) is 6.92 Å². The first-order valence-electron chi connectivity index (χ1n) is 4.66. The molecule has 6 heteroatoms. The van der Waals surface area contributed by atoms with E-state index in [1.165, 1.54) is 11.8 Å². The Balaban J connectivity index is 2.34. The molecule has 0 bridgehead atoms. The molecular formula is C9H12N2O3S. The Kier molecular flexibility index (Phi) is 2.47. The summed E-state index contributed by atoms with van der Waals surface area (Å²) in [7, 11) is 0. The van der Waals surface area contributed by atoms with Crippen LogP contribution >= 0.6 is 11.8 Å². The van der Waals surface area contributed by atoms with Crippen molar-refractivity contribution in [3.63, 3.8) is 0 Å². The highest BCUT2D eigenvalue weighted by Gasteiger charge is 2.44. The lowest BCUT2D eigenvalue weighted by atomic mass is 10.2. The zero-order chi connectivity index (χ0) is 11.2. The third-order valence-electron chi connectivity index (χ3n) is 2.59. The SMILES string of the molecule is CC1C=C(C(=O)O)N2CC(=O)C(N)C2S1. The highest BCUT2D eigenvalue weighted by molar-refractivity contribution is 8.00. The minimum absolute atomic E-state index is 0.0781. The molecule has 15 heavy (non-hydrogen) atoms. The molecule has 2 aliphatic rings. The lowest BCUT2D eigenvalue weighted by Gasteiger charge is -2.33. The Bertz CT molecular complexity index is 355. The maximum absolute atomic E-state index is 11.4. The second-order valence-corrected chi connectivity index (χ2v) is 5.21. The molecule has 3 unspecified atom stereocenters. The number of carboxylic acids is 1. The Labute approximate surface area is 91.3 Å². The summed E-state index contributed by atoms with van der Waals surface area (Å²) in [6.07, 6.45) is 1.66. The van der Waals surface area contributed by atoms with Gasteiger partial charge in [0.1, 0.15) is 5.70 Å². The number of hydrogen-bond donors (Lipinski definition) is 2. The van der Waals surface area contributed by atoms with Crippen LogP contribution in [0.2, 0.25) is 0 Å². The van der Waals surface area contributed by atoms with E-state index in [1.54, 1.807) is 11.0 Å². The van der Waals surface area contributed by atoms with Crippen LogP contribution < -0.4 is 5.73 Å².